The zero-order valence-corrected chi connectivity index (χ0v) is 13.1. The van der Waals surface area contributed by atoms with Crippen molar-refractivity contribution in [2.24, 2.45) is 0 Å². The van der Waals surface area contributed by atoms with Crippen molar-refractivity contribution in [2.45, 2.75) is 37.1 Å². The summed E-state index contributed by atoms with van der Waals surface area (Å²) in [7, 11) is 0. The Morgan fingerprint density at radius 3 is 2.60 bits per heavy atom. The summed E-state index contributed by atoms with van der Waals surface area (Å²) in [5, 5.41) is 9.19. The molecule has 0 radical (unpaired) electrons. The largest absolute Gasteiger partial charge is 0.336 e. The molecule has 2 rings (SSSR count). The van der Waals surface area contributed by atoms with Crippen LogP contribution in [-0.2, 0) is 11.2 Å². The van der Waals surface area contributed by atoms with Crippen molar-refractivity contribution >= 4 is 23.4 Å². The van der Waals surface area contributed by atoms with Crippen molar-refractivity contribution < 1.29 is 4.39 Å². The minimum absolute atomic E-state index is 0.173. The number of nitrogens with zero attached hydrogens (tertiary/aromatic N) is 3. The summed E-state index contributed by atoms with van der Waals surface area (Å²) in [6.45, 7) is 6.06. The van der Waals surface area contributed by atoms with Crippen molar-refractivity contribution in [3.05, 3.63) is 40.4 Å². The molecule has 0 aliphatic rings. The molecule has 0 aliphatic heterocycles. The first kappa shape index (κ1) is 15.1. The maximum Gasteiger partial charge on any atom is 0.210 e. The lowest BCUT2D eigenvalue weighted by molar-refractivity contribution is 0.523. The van der Waals surface area contributed by atoms with Gasteiger partial charge in [-0.2, -0.15) is 0 Å². The second-order valence-corrected chi connectivity index (χ2v) is 6.80. The van der Waals surface area contributed by atoms with Crippen molar-refractivity contribution in [3.63, 3.8) is 0 Å². The van der Waals surface area contributed by atoms with Gasteiger partial charge in [0, 0.05) is 16.2 Å². The van der Waals surface area contributed by atoms with Crippen LogP contribution < -0.4 is 5.84 Å². The molecule has 4 nitrogen and oxygen atoms in total. The van der Waals surface area contributed by atoms with Gasteiger partial charge in [0.25, 0.3) is 0 Å². The third-order valence-electron chi connectivity index (χ3n) is 2.71. The van der Waals surface area contributed by atoms with Gasteiger partial charge in [0.15, 0.2) is 5.82 Å². The van der Waals surface area contributed by atoms with Gasteiger partial charge in [-0.1, -0.05) is 50.2 Å². The van der Waals surface area contributed by atoms with Crippen molar-refractivity contribution in [3.8, 4) is 0 Å². The molecule has 1 heterocycles. The number of nitrogens with two attached hydrogens (primary N) is 1. The minimum atomic E-state index is -0.347. The van der Waals surface area contributed by atoms with Crippen molar-refractivity contribution in [1.82, 2.24) is 14.9 Å². The molecule has 0 aliphatic carbocycles. The predicted molar refractivity (Wildman–Crippen MR) is 79.8 cm³/mol. The van der Waals surface area contributed by atoms with Crippen LogP contribution in [0.15, 0.2) is 23.4 Å². The van der Waals surface area contributed by atoms with Gasteiger partial charge in [0.2, 0.25) is 5.16 Å². The summed E-state index contributed by atoms with van der Waals surface area (Å²) in [5.74, 6) is 6.91. The number of benzene rings is 1. The van der Waals surface area contributed by atoms with E-state index in [-0.39, 0.29) is 11.2 Å². The van der Waals surface area contributed by atoms with Gasteiger partial charge in [-0.25, -0.2) is 9.07 Å². The van der Waals surface area contributed by atoms with E-state index in [9.17, 15) is 4.39 Å². The Morgan fingerprint density at radius 2 is 2.05 bits per heavy atom. The fourth-order valence-electron chi connectivity index (χ4n) is 1.67. The first-order valence-electron chi connectivity index (χ1n) is 6.06. The normalized spacial score (nSPS) is 11.8. The molecule has 7 heteroatoms. The number of halogens is 2. The summed E-state index contributed by atoms with van der Waals surface area (Å²) in [5.41, 5.74) is 0.659. The molecule has 0 saturated carbocycles. The highest BCUT2D eigenvalue weighted by molar-refractivity contribution is 7.98. The third kappa shape index (κ3) is 3.24. The highest BCUT2D eigenvalue weighted by Gasteiger charge is 2.23. The smallest absolute Gasteiger partial charge is 0.210 e. The maximum absolute atomic E-state index is 13.0. The fraction of sp³-hybridized carbons (Fsp3) is 0.385. The molecule has 0 bridgehead atoms. The van der Waals surface area contributed by atoms with Crippen LogP contribution >= 0.6 is 23.4 Å². The topological polar surface area (TPSA) is 56.7 Å². The number of aromatic nitrogens is 3. The van der Waals surface area contributed by atoms with Gasteiger partial charge in [-0.3, -0.25) is 0 Å². The van der Waals surface area contributed by atoms with E-state index in [1.807, 2.05) is 20.8 Å². The standard InChI is InChI=1S/C13H16ClFN4S/c1-13(2,3)11-17-18-12(19(11)16)20-7-8-4-5-9(15)6-10(8)14/h4-6H,7,16H2,1-3H3. The van der Waals surface area contributed by atoms with Gasteiger partial charge in [-0.15, -0.1) is 10.2 Å². The Hall–Kier alpha value is -1.27. The van der Waals surface area contributed by atoms with E-state index in [2.05, 4.69) is 10.2 Å². The number of hydrogen-bond acceptors (Lipinski definition) is 4. The highest BCUT2D eigenvalue weighted by atomic mass is 35.5. The average Bonchev–Trinajstić information content (AvgIpc) is 2.69. The van der Waals surface area contributed by atoms with E-state index in [1.165, 1.54) is 28.6 Å². The number of nitrogen functional groups attached to an aromatic ring is 1. The molecule has 0 unspecified atom stereocenters. The first-order chi connectivity index (χ1) is 9.29. The zero-order chi connectivity index (χ0) is 14.9. The van der Waals surface area contributed by atoms with E-state index in [4.69, 9.17) is 17.4 Å². The van der Waals surface area contributed by atoms with E-state index in [0.29, 0.717) is 21.8 Å². The number of thioether (sulfide) groups is 1. The van der Waals surface area contributed by atoms with Gasteiger partial charge in [-0.05, 0) is 17.7 Å². The Bertz CT molecular complexity index is 621. The van der Waals surface area contributed by atoms with Gasteiger partial charge in [0.05, 0.1) is 0 Å². The molecule has 0 spiro atoms. The molecular formula is C13H16ClFN4S. The quantitative estimate of drug-likeness (QED) is 0.697. The molecule has 0 amide bonds. The molecule has 2 aromatic rings. The lowest BCUT2D eigenvalue weighted by Crippen LogP contribution is -2.24. The average molecular weight is 315 g/mol. The Balaban J connectivity index is 2.14. The van der Waals surface area contributed by atoms with Gasteiger partial charge >= 0.3 is 0 Å². The van der Waals surface area contributed by atoms with Crippen molar-refractivity contribution in [1.29, 1.82) is 0 Å². The Kier molecular flexibility index (Phi) is 4.25. The van der Waals surface area contributed by atoms with Gasteiger partial charge in [0.1, 0.15) is 5.82 Å². The summed E-state index contributed by atoms with van der Waals surface area (Å²) < 4.78 is 14.5. The molecule has 2 N–H and O–H groups in total. The lowest BCUT2D eigenvalue weighted by Gasteiger charge is -2.16. The zero-order valence-electron chi connectivity index (χ0n) is 11.5. The van der Waals surface area contributed by atoms with Crippen LogP contribution in [0.3, 0.4) is 0 Å². The van der Waals surface area contributed by atoms with E-state index in [1.54, 1.807) is 6.07 Å². The number of hydrogen-bond donors (Lipinski definition) is 1. The predicted octanol–water partition coefficient (Wildman–Crippen LogP) is 3.37. The van der Waals surface area contributed by atoms with E-state index >= 15 is 0 Å². The molecule has 20 heavy (non-hydrogen) atoms. The maximum atomic E-state index is 13.0. The van der Waals surface area contributed by atoms with Crippen LogP contribution in [0.1, 0.15) is 32.2 Å². The van der Waals surface area contributed by atoms with Gasteiger partial charge < -0.3 is 5.84 Å². The third-order valence-corrected chi connectivity index (χ3v) is 4.05. The summed E-state index contributed by atoms with van der Waals surface area (Å²) >= 11 is 7.40. The van der Waals surface area contributed by atoms with E-state index < -0.39 is 0 Å². The second kappa shape index (κ2) is 5.61. The number of rotatable bonds is 3. The molecular weight excluding hydrogens is 299 g/mol. The molecule has 1 aromatic heterocycles. The Labute approximate surface area is 126 Å². The molecule has 108 valence electrons. The molecule has 1 aromatic carbocycles. The fourth-order valence-corrected chi connectivity index (χ4v) is 2.84. The highest BCUT2D eigenvalue weighted by Crippen LogP contribution is 2.28. The summed E-state index contributed by atoms with van der Waals surface area (Å²) in [6.07, 6.45) is 0. The van der Waals surface area contributed by atoms with Crippen molar-refractivity contribution in [2.75, 3.05) is 5.84 Å². The molecule has 0 fully saturated rings. The van der Waals surface area contributed by atoms with Crippen LogP contribution in [-0.4, -0.2) is 14.9 Å². The first-order valence-corrected chi connectivity index (χ1v) is 7.43. The molecule has 0 atom stereocenters. The van der Waals surface area contributed by atoms with Crippen LogP contribution in [0.2, 0.25) is 5.02 Å². The lowest BCUT2D eigenvalue weighted by atomic mass is 9.96. The van der Waals surface area contributed by atoms with E-state index in [0.717, 1.165) is 5.56 Å². The monoisotopic (exact) mass is 314 g/mol. The summed E-state index contributed by atoms with van der Waals surface area (Å²) in [6, 6.07) is 4.34. The summed E-state index contributed by atoms with van der Waals surface area (Å²) in [4.78, 5) is 0. The van der Waals surface area contributed by atoms with Crippen LogP contribution in [0.4, 0.5) is 4.39 Å². The van der Waals surface area contributed by atoms with Crippen LogP contribution in [0.5, 0.6) is 0 Å². The molecule has 0 saturated heterocycles. The SMILES string of the molecule is CC(C)(C)c1nnc(SCc2ccc(F)cc2Cl)n1N. The minimum Gasteiger partial charge on any atom is -0.336 e. The second-order valence-electron chi connectivity index (χ2n) is 5.45. The Morgan fingerprint density at radius 1 is 1.35 bits per heavy atom. The van der Waals surface area contributed by atoms with Crippen LogP contribution in [0, 0.1) is 5.82 Å². The van der Waals surface area contributed by atoms with Crippen LogP contribution in [0.25, 0.3) is 0 Å².